The molecule has 0 bridgehead atoms. The summed E-state index contributed by atoms with van der Waals surface area (Å²) in [4.78, 5) is 6.97. The summed E-state index contributed by atoms with van der Waals surface area (Å²) in [6.07, 6.45) is 1.15. The maximum Gasteiger partial charge on any atom is 0.128 e. The van der Waals surface area contributed by atoms with Crippen molar-refractivity contribution in [1.82, 2.24) is 10.3 Å². The van der Waals surface area contributed by atoms with Crippen LogP contribution in [0.1, 0.15) is 46.7 Å². The summed E-state index contributed by atoms with van der Waals surface area (Å²) in [5.74, 6) is 2.30. The number of hydrogen-bond acceptors (Lipinski definition) is 3. The second-order valence-corrected chi connectivity index (χ2v) is 7.12. The van der Waals surface area contributed by atoms with Gasteiger partial charge in [-0.25, -0.2) is 4.98 Å². The van der Waals surface area contributed by atoms with Crippen molar-refractivity contribution < 1.29 is 0 Å². The van der Waals surface area contributed by atoms with Crippen LogP contribution in [0.2, 0.25) is 5.02 Å². The van der Waals surface area contributed by atoms with Gasteiger partial charge in [0.1, 0.15) is 5.82 Å². The number of halogens is 1. The molecule has 0 aliphatic heterocycles. The van der Waals surface area contributed by atoms with Crippen LogP contribution in [-0.2, 0) is 6.54 Å². The summed E-state index contributed by atoms with van der Waals surface area (Å²) < 4.78 is 0. The van der Waals surface area contributed by atoms with E-state index in [2.05, 4.69) is 51.9 Å². The third-order valence-corrected chi connectivity index (χ3v) is 3.93. The molecule has 1 atom stereocenters. The summed E-state index contributed by atoms with van der Waals surface area (Å²) in [6, 6.07) is 4.43. The van der Waals surface area contributed by atoms with Crippen LogP contribution in [0, 0.1) is 11.8 Å². The van der Waals surface area contributed by atoms with E-state index in [1.165, 1.54) is 0 Å². The van der Waals surface area contributed by atoms with Crippen LogP contribution in [0.25, 0.3) is 0 Å². The minimum atomic E-state index is 0.468. The molecule has 0 aliphatic carbocycles. The van der Waals surface area contributed by atoms with E-state index in [9.17, 15) is 0 Å². The molecule has 1 heterocycles. The molecular formula is C17H30ClN3. The highest BCUT2D eigenvalue weighted by Gasteiger charge is 2.14. The lowest BCUT2D eigenvalue weighted by molar-refractivity contribution is 0.501. The summed E-state index contributed by atoms with van der Waals surface area (Å²) in [6.45, 7) is 12.8. The first-order chi connectivity index (χ1) is 9.81. The molecule has 1 unspecified atom stereocenters. The summed E-state index contributed by atoms with van der Waals surface area (Å²) >= 11 is 6.26. The SMILES string of the molecule is CC(C)CNCc1nc(N(C)C(C)CC(C)C)ccc1Cl. The third kappa shape index (κ3) is 6.23. The molecular weight excluding hydrogens is 282 g/mol. The van der Waals surface area contributed by atoms with Crippen molar-refractivity contribution in [3.05, 3.63) is 22.8 Å². The summed E-state index contributed by atoms with van der Waals surface area (Å²) in [5.41, 5.74) is 0.929. The molecule has 0 spiro atoms. The number of anilines is 1. The van der Waals surface area contributed by atoms with Gasteiger partial charge in [0.25, 0.3) is 0 Å². The van der Waals surface area contributed by atoms with Crippen LogP contribution < -0.4 is 10.2 Å². The van der Waals surface area contributed by atoms with E-state index in [4.69, 9.17) is 16.6 Å². The van der Waals surface area contributed by atoms with E-state index in [0.29, 0.717) is 17.9 Å². The van der Waals surface area contributed by atoms with Crippen LogP contribution in [0.5, 0.6) is 0 Å². The van der Waals surface area contributed by atoms with Gasteiger partial charge in [0, 0.05) is 19.6 Å². The lowest BCUT2D eigenvalue weighted by Crippen LogP contribution is -2.31. The molecule has 0 aliphatic rings. The van der Waals surface area contributed by atoms with Crippen LogP contribution in [0.4, 0.5) is 5.82 Å². The Kier molecular flexibility index (Phi) is 7.47. The Labute approximate surface area is 135 Å². The minimum Gasteiger partial charge on any atom is -0.357 e. The van der Waals surface area contributed by atoms with Gasteiger partial charge in [0.2, 0.25) is 0 Å². The zero-order chi connectivity index (χ0) is 16.0. The van der Waals surface area contributed by atoms with Gasteiger partial charge in [-0.05, 0) is 43.9 Å². The van der Waals surface area contributed by atoms with Gasteiger partial charge >= 0.3 is 0 Å². The smallest absolute Gasteiger partial charge is 0.128 e. The Morgan fingerprint density at radius 3 is 2.38 bits per heavy atom. The predicted molar refractivity (Wildman–Crippen MR) is 93.1 cm³/mol. The van der Waals surface area contributed by atoms with Crippen LogP contribution in [0.15, 0.2) is 12.1 Å². The van der Waals surface area contributed by atoms with Gasteiger partial charge in [-0.2, -0.15) is 0 Å². The number of aromatic nitrogens is 1. The Morgan fingerprint density at radius 2 is 1.81 bits per heavy atom. The first-order valence-electron chi connectivity index (χ1n) is 7.90. The predicted octanol–water partition coefficient (Wildman–Crippen LogP) is 4.35. The monoisotopic (exact) mass is 311 g/mol. The summed E-state index contributed by atoms with van der Waals surface area (Å²) in [5, 5.41) is 4.14. The van der Waals surface area contributed by atoms with Gasteiger partial charge in [0.05, 0.1) is 10.7 Å². The van der Waals surface area contributed by atoms with Gasteiger partial charge in [-0.15, -0.1) is 0 Å². The molecule has 0 saturated carbocycles. The molecule has 1 rings (SSSR count). The lowest BCUT2D eigenvalue weighted by Gasteiger charge is -2.28. The Morgan fingerprint density at radius 1 is 1.14 bits per heavy atom. The third-order valence-electron chi connectivity index (χ3n) is 3.58. The van der Waals surface area contributed by atoms with Gasteiger partial charge in [-0.1, -0.05) is 39.3 Å². The maximum atomic E-state index is 6.26. The van der Waals surface area contributed by atoms with Crippen molar-refractivity contribution >= 4 is 17.4 Å². The average Bonchev–Trinajstić information content (AvgIpc) is 2.39. The van der Waals surface area contributed by atoms with Crippen molar-refractivity contribution in [3.63, 3.8) is 0 Å². The zero-order valence-electron chi connectivity index (χ0n) is 14.3. The van der Waals surface area contributed by atoms with Crippen molar-refractivity contribution in [1.29, 1.82) is 0 Å². The van der Waals surface area contributed by atoms with Gasteiger partial charge in [-0.3, -0.25) is 0 Å². The topological polar surface area (TPSA) is 28.2 Å². The highest BCUT2D eigenvalue weighted by Crippen LogP contribution is 2.21. The molecule has 3 nitrogen and oxygen atoms in total. The second kappa shape index (κ2) is 8.60. The Bertz CT molecular complexity index is 432. The number of nitrogens with zero attached hydrogens (tertiary/aromatic N) is 2. The Balaban J connectivity index is 2.75. The first kappa shape index (κ1) is 18.2. The second-order valence-electron chi connectivity index (χ2n) is 6.71. The summed E-state index contributed by atoms with van der Waals surface area (Å²) in [7, 11) is 2.11. The highest BCUT2D eigenvalue weighted by molar-refractivity contribution is 6.31. The molecule has 4 heteroatoms. The fraction of sp³-hybridized carbons (Fsp3) is 0.706. The normalized spacial score (nSPS) is 13.0. The molecule has 21 heavy (non-hydrogen) atoms. The van der Waals surface area contributed by atoms with Crippen molar-refractivity contribution in [2.24, 2.45) is 11.8 Å². The van der Waals surface area contributed by atoms with Crippen LogP contribution >= 0.6 is 11.6 Å². The van der Waals surface area contributed by atoms with Gasteiger partial charge in [0.15, 0.2) is 0 Å². The highest BCUT2D eigenvalue weighted by atomic mass is 35.5. The zero-order valence-corrected chi connectivity index (χ0v) is 15.0. The molecule has 120 valence electrons. The fourth-order valence-corrected chi connectivity index (χ4v) is 2.51. The fourth-order valence-electron chi connectivity index (χ4n) is 2.34. The molecule has 0 radical (unpaired) electrons. The van der Waals surface area contributed by atoms with Crippen molar-refractivity contribution in [2.45, 2.75) is 53.6 Å². The number of hydrogen-bond donors (Lipinski definition) is 1. The van der Waals surface area contributed by atoms with Crippen molar-refractivity contribution in [2.75, 3.05) is 18.5 Å². The van der Waals surface area contributed by atoms with E-state index >= 15 is 0 Å². The van der Waals surface area contributed by atoms with Crippen molar-refractivity contribution in [3.8, 4) is 0 Å². The van der Waals surface area contributed by atoms with Crippen LogP contribution in [0.3, 0.4) is 0 Å². The quantitative estimate of drug-likeness (QED) is 0.773. The average molecular weight is 312 g/mol. The molecule has 0 amide bonds. The van der Waals surface area contributed by atoms with Crippen LogP contribution in [-0.4, -0.2) is 24.6 Å². The molecule has 0 saturated heterocycles. The van der Waals surface area contributed by atoms with E-state index in [1.54, 1.807) is 0 Å². The molecule has 0 fully saturated rings. The maximum absolute atomic E-state index is 6.26. The number of rotatable bonds is 8. The van der Waals surface area contributed by atoms with E-state index < -0.39 is 0 Å². The molecule has 1 aromatic heterocycles. The van der Waals surface area contributed by atoms with Gasteiger partial charge < -0.3 is 10.2 Å². The largest absolute Gasteiger partial charge is 0.357 e. The standard InChI is InChI=1S/C17H30ClN3/c1-12(2)9-14(5)21(6)17-8-7-15(18)16(20-17)11-19-10-13(3)4/h7-8,12-14,19H,9-11H2,1-6H3. The molecule has 0 aromatic carbocycles. The number of pyridine rings is 1. The molecule has 1 aromatic rings. The van der Waals surface area contributed by atoms with E-state index in [-0.39, 0.29) is 0 Å². The molecule has 1 N–H and O–H groups in total. The lowest BCUT2D eigenvalue weighted by atomic mass is 10.0. The Hall–Kier alpha value is -0.800. The van der Waals surface area contributed by atoms with E-state index in [0.717, 1.165) is 36.0 Å². The number of nitrogens with one attached hydrogen (secondary N) is 1. The first-order valence-corrected chi connectivity index (χ1v) is 8.28. The minimum absolute atomic E-state index is 0.468. The van der Waals surface area contributed by atoms with E-state index in [1.807, 2.05) is 12.1 Å².